The third-order valence-electron chi connectivity index (χ3n) is 4.78. The first kappa shape index (κ1) is 20.3. The van der Waals surface area contributed by atoms with Gasteiger partial charge in [-0.3, -0.25) is 9.59 Å². The van der Waals surface area contributed by atoms with Crippen molar-refractivity contribution in [2.24, 2.45) is 0 Å². The van der Waals surface area contributed by atoms with Crippen molar-refractivity contribution in [2.75, 3.05) is 0 Å². The van der Waals surface area contributed by atoms with Crippen LogP contribution in [0.1, 0.15) is 27.2 Å². The monoisotopic (exact) mass is 440 g/mol. The molecule has 2 aromatic heterocycles. The molecular weight excluding hydrogens is 426 g/mol. The van der Waals surface area contributed by atoms with E-state index in [4.69, 9.17) is 23.2 Å². The summed E-state index contributed by atoms with van der Waals surface area (Å²) in [4.78, 5) is 30.6. The summed E-state index contributed by atoms with van der Waals surface area (Å²) in [5, 5.41) is 0.899. The van der Waals surface area contributed by atoms with E-state index in [0.29, 0.717) is 16.4 Å². The molecule has 30 heavy (non-hydrogen) atoms. The molecule has 0 aliphatic rings. The SMILES string of the molecule is Cc1ccc2c(=O)c(C(=O)c3cccc(Cl)c3)cn(Cc3c(F)cccc3Cl)c2n1. The molecule has 0 spiro atoms. The van der Waals surface area contributed by atoms with Gasteiger partial charge in [0.2, 0.25) is 5.43 Å². The number of nitrogens with zero attached hydrogens (tertiary/aromatic N) is 2. The van der Waals surface area contributed by atoms with Crippen LogP contribution in [0.2, 0.25) is 10.0 Å². The first-order valence-electron chi connectivity index (χ1n) is 9.09. The molecule has 0 atom stereocenters. The number of rotatable bonds is 4. The Bertz CT molecular complexity index is 1350. The molecule has 2 heterocycles. The number of halogens is 3. The van der Waals surface area contributed by atoms with E-state index in [1.54, 1.807) is 47.9 Å². The molecule has 0 radical (unpaired) electrons. The fourth-order valence-corrected chi connectivity index (χ4v) is 3.69. The van der Waals surface area contributed by atoms with Crippen LogP contribution in [-0.4, -0.2) is 15.3 Å². The second-order valence-corrected chi connectivity index (χ2v) is 7.71. The lowest BCUT2D eigenvalue weighted by Gasteiger charge is -2.14. The molecule has 0 N–H and O–H groups in total. The van der Waals surface area contributed by atoms with Gasteiger partial charge in [0.1, 0.15) is 11.5 Å². The second kappa shape index (κ2) is 8.01. The Morgan fingerprint density at radius 2 is 1.87 bits per heavy atom. The molecule has 4 rings (SSSR count). The molecule has 0 saturated heterocycles. The van der Waals surface area contributed by atoms with Crippen LogP contribution in [0.15, 0.2) is 65.6 Å². The van der Waals surface area contributed by atoms with Crippen LogP contribution < -0.4 is 5.43 Å². The van der Waals surface area contributed by atoms with E-state index in [-0.39, 0.29) is 33.6 Å². The predicted octanol–water partition coefficient (Wildman–Crippen LogP) is 5.43. The number of carbonyl (C=O) groups is 1. The van der Waals surface area contributed by atoms with E-state index < -0.39 is 17.0 Å². The number of pyridine rings is 2. The van der Waals surface area contributed by atoms with E-state index in [1.165, 1.54) is 24.4 Å². The summed E-state index contributed by atoms with van der Waals surface area (Å²) in [6.07, 6.45) is 1.41. The number of ketones is 1. The van der Waals surface area contributed by atoms with Crippen molar-refractivity contribution in [1.82, 2.24) is 9.55 Å². The van der Waals surface area contributed by atoms with E-state index in [1.807, 2.05) is 0 Å². The zero-order chi connectivity index (χ0) is 21.4. The molecule has 0 aliphatic heterocycles. The number of aromatic nitrogens is 2. The van der Waals surface area contributed by atoms with Crippen molar-refractivity contribution in [3.63, 3.8) is 0 Å². The highest BCUT2D eigenvalue weighted by Gasteiger charge is 2.19. The molecule has 0 fully saturated rings. The zero-order valence-electron chi connectivity index (χ0n) is 15.8. The van der Waals surface area contributed by atoms with Gasteiger partial charge in [0, 0.05) is 33.1 Å². The Morgan fingerprint density at radius 3 is 2.60 bits per heavy atom. The molecule has 0 amide bonds. The van der Waals surface area contributed by atoms with Crippen LogP contribution in [0, 0.1) is 12.7 Å². The van der Waals surface area contributed by atoms with E-state index in [9.17, 15) is 14.0 Å². The van der Waals surface area contributed by atoms with Gasteiger partial charge in [-0.2, -0.15) is 0 Å². The molecular formula is C23H15Cl2FN2O2. The van der Waals surface area contributed by atoms with Gasteiger partial charge in [-0.05, 0) is 43.3 Å². The summed E-state index contributed by atoms with van der Waals surface area (Å²) in [6, 6.07) is 14.1. The smallest absolute Gasteiger partial charge is 0.202 e. The Kier molecular flexibility index (Phi) is 5.41. The maximum Gasteiger partial charge on any atom is 0.202 e. The quantitative estimate of drug-likeness (QED) is 0.397. The van der Waals surface area contributed by atoms with Gasteiger partial charge in [-0.25, -0.2) is 9.37 Å². The van der Waals surface area contributed by atoms with Crippen molar-refractivity contribution < 1.29 is 9.18 Å². The van der Waals surface area contributed by atoms with Gasteiger partial charge in [0.05, 0.1) is 17.5 Å². The summed E-state index contributed by atoms with van der Waals surface area (Å²) in [7, 11) is 0. The maximum atomic E-state index is 14.4. The second-order valence-electron chi connectivity index (χ2n) is 6.86. The summed E-state index contributed by atoms with van der Waals surface area (Å²) < 4.78 is 16.0. The summed E-state index contributed by atoms with van der Waals surface area (Å²) in [6.45, 7) is 1.80. The minimum Gasteiger partial charge on any atom is -0.327 e. The van der Waals surface area contributed by atoms with Gasteiger partial charge >= 0.3 is 0 Å². The average molecular weight is 441 g/mol. The molecule has 0 bridgehead atoms. The first-order valence-corrected chi connectivity index (χ1v) is 9.84. The topological polar surface area (TPSA) is 52.0 Å². The van der Waals surface area contributed by atoms with Gasteiger partial charge in [-0.15, -0.1) is 0 Å². The van der Waals surface area contributed by atoms with Crippen molar-refractivity contribution >= 4 is 40.0 Å². The van der Waals surface area contributed by atoms with Crippen molar-refractivity contribution in [2.45, 2.75) is 13.5 Å². The molecule has 4 nitrogen and oxygen atoms in total. The zero-order valence-corrected chi connectivity index (χ0v) is 17.3. The lowest BCUT2D eigenvalue weighted by molar-refractivity contribution is 0.103. The van der Waals surface area contributed by atoms with Crippen LogP contribution in [0.4, 0.5) is 4.39 Å². The third-order valence-corrected chi connectivity index (χ3v) is 5.37. The van der Waals surface area contributed by atoms with Gasteiger partial charge in [0.25, 0.3) is 0 Å². The van der Waals surface area contributed by atoms with E-state index >= 15 is 0 Å². The fourth-order valence-electron chi connectivity index (χ4n) is 3.28. The summed E-state index contributed by atoms with van der Waals surface area (Å²) >= 11 is 12.2. The molecule has 0 aliphatic carbocycles. The standard InChI is InChI=1S/C23H15Cl2FN2O2/c1-13-8-9-16-22(30)18(21(29)14-4-2-5-15(24)10-14)12-28(23(16)27-13)11-17-19(25)6-3-7-20(17)26/h2-10,12H,11H2,1H3. The largest absolute Gasteiger partial charge is 0.327 e. The normalized spacial score (nSPS) is 11.1. The molecule has 4 aromatic rings. The van der Waals surface area contributed by atoms with Crippen molar-refractivity contribution in [1.29, 1.82) is 0 Å². The highest BCUT2D eigenvalue weighted by atomic mass is 35.5. The number of benzene rings is 2. The van der Waals surface area contributed by atoms with E-state index in [2.05, 4.69) is 4.98 Å². The minimum absolute atomic E-state index is 0.00850. The molecule has 150 valence electrons. The summed E-state index contributed by atoms with van der Waals surface area (Å²) in [5.74, 6) is -0.955. The lowest BCUT2D eigenvalue weighted by Crippen LogP contribution is -2.21. The molecule has 2 aromatic carbocycles. The number of fused-ring (bicyclic) bond motifs is 1. The predicted molar refractivity (Wildman–Crippen MR) is 116 cm³/mol. The highest BCUT2D eigenvalue weighted by Crippen LogP contribution is 2.23. The minimum atomic E-state index is -0.482. The number of hydrogen-bond donors (Lipinski definition) is 0. The summed E-state index contributed by atoms with van der Waals surface area (Å²) in [5.41, 5.74) is 1.07. The van der Waals surface area contributed by atoms with Crippen LogP contribution in [0.3, 0.4) is 0 Å². The van der Waals surface area contributed by atoms with Crippen molar-refractivity contribution in [3.8, 4) is 0 Å². The van der Waals surface area contributed by atoms with Crippen LogP contribution in [0.25, 0.3) is 11.0 Å². The van der Waals surface area contributed by atoms with Gasteiger partial charge < -0.3 is 4.57 Å². The van der Waals surface area contributed by atoms with Gasteiger partial charge in [0.15, 0.2) is 5.78 Å². The van der Waals surface area contributed by atoms with E-state index in [0.717, 1.165) is 0 Å². The highest BCUT2D eigenvalue weighted by molar-refractivity contribution is 6.31. The van der Waals surface area contributed by atoms with Crippen LogP contribution >= 0.6 is 23.2 Å². The fraction of sp³-hybridized carbons (Fsp3) is 0.0870. The van der Waals surface area contributed by atoms with Crippen LogP contribution in [0.5, 0.6) is 0 Å². The van der Waals surface area contributed by atoms with Crippen LogP contribution in [-0.2, 0) is 6.54 Å². The first-order chi connectivity index (χ1) is 14.3. The number of carbonyl (C=O) groups excluding carboxylic acids is 1. The number of hydrogen-bond acceptors (Lipinski definition) is 3. The Labute approximate surface area is 181 Å². The molecule has 0 unspecified atom stereocenters. The number of aryl methyl sites for hydroxylation is 1. The Hall–Kier alpha value is -3.02. The Balaban J connectivity index is 1.95. The van der Waals surface area contributed by atoms with Gasteiger partial charge in [-0.1, -0.05) is 41.4 Å². The molecule has 0 saturated carbocycles. The average Bonchev–Trinajstić information content (AvgIpc) is 2.72. The third kappa shape index (κ3) is 3.74. The molecule has 7 heteroatoms. The maximum absolute atomic E-state index is 14.4. The Morgan fingerprint density at radius 1 is 1.10 bits per heavy atom. The van der Waals surface area contributed by atoms with Crippen molar-refractivity contribution in [3.05, 3.63) is 109 Å². The lowest BCUT2D eigenvalue weighted by atomic mass is 10.0.